The van der Waals surface area contributed by atoms with E-state index in [-0.39, 0.29) is 0 Å². The molecule has 0 aliphatic rings. The maximum absolute atomic E-state index is 5.22. The smallest absolute Gasteiger partial charge is 0.172 e. The van der Waals surface area contributed by atoms with E-state index in [4.69, 9.17) is 9.15 Å². The number of rotatable bonds is 3. The van der Waals surface area contributed by atoms with E-state index in [1.807, 2.05) is 13.0 Å². The topological polar surface area (TPSA) is 22.4 Å². The van der Waals surface area contributed by atoms with Crippen LogP contribution in [0.25, 0.3) is 5.76 Å². The second kappa shape index (κ2) is 3.69. The summed E-state index contributed by atoms with van der Waals surface area (Å²) in [5.74, 6) is 0.640. The number of hydrogen-bond donors (Lipinski definition) is 0. The molecule has 58 valence electrons. The second-order valence-electron chi connectivity index (χ2n) is 1.95. The van der Waals surface area contributed by atoms with E-state index in [1.165, 1.54) is 0 Å². The van der Waals surface area contributed by atoms with Gasteiger partial charge in [-0.3, -0.25) is 0 Å². The molecular weight excluding hydrogens is 140 g/mol. The molecule has 0 unspecified atom stereocenters. The standard InChI is InChI=1S/C9H10O2/c1-3-9(11-4-2)8-5-6-10-7-8/h5-7H,1,4H2,2H3. The van der Waals surface area contributed by atoms with Crippen molar-refractivity contribution in [1.82, 2.24) is 0 Å². The van der Waals surface area contributed by atoms with Gasteiger partial charge in [-0.05, 0) is 13.0 Å². The van der Waals surface area contributed by atoms with E-state index < -0.39 is 0 Å². The van der Waals surface area contributed by atoms with Crippen molar-refractivity contribution in [1.29, 1.82) is 0 Å². The molecule has 0 aliphatic carbocycles. The van der Waals surface area contributed by atoms with E-state index in [1.54, 1.807) is 12.5 Å². The zero-order valence-electron chi connectivity index (χ0n) is 6.46. The molecule has 0 N–H and O–H groups in total. The molecule has 0 fully saturated rings. The van der Waals surface area contributed by atoms with Crippen LogP contribution in [0.2, 0.25) is 0 Å². The highest BCUT2D eigenvalue weighted by Gasteiger charge is 2.00. The van der Waals surface area contributed by atoms with E-state index in [0.29, 0.717) is 12.4 Å². The Kier molecular flexibility index (Phi) is 2.59. The zero-order valence-corrected chi connectivity index (χ0v) is 6.46. The number of hydrogen-bond acceptors (Lipinski definition) is 2. The van der Waals surface area contributed by atoms with Crippen molar-refractivity contribution in [2.45, 2.75) is 6.92 Å². The largest absolute Gasteiger partial charge is 0.486 e. The number of ether oxygens (including phenoxy) is 1. The minimum atomic E-state index is 0.614. The van der Waals surface area contributed by atoms with Crippen LogP contribution in [0.15, 0.2) is 35.3 Å². The van der Waals surface area contributed by atoms with Gasteiger partial charge in [0.1, 0.15) is 6.26 Å². The third-order valence-electron chi connectivity index (χ3n) is 1.23. The van der Waals surface area contributed by atoms with E-state index in [2.05, 4.69) is 12.3 Å². The maximum atomic E-state index is 5.22. The lowest BCUT2D eigenvalue weighted by molar-refractivity contribution is 0.298. The first-order valence-electron chi connectivity index (χ1n) is 3.44. The van der Waals surface area contributed by atoms with Crippen molar-refractivity contribution >= 4 is 5.76 Å². The van der Waals surface area contributed by atoms with Crippen molar-refractivity contribution in [2.24, 2.45) is 0 Å². The van der Waals surface area contributed by atoms with Gasteiger partial charge in [-0.15, -0.1) is 0 Å². The Morgan fingerprint density at radius 3 is 3.09 bits per heavy atom. The van der Waals surface area contributed by atoms with Gasteiger partial charge >= 0.3 is 0 Å². The summed E-state index contributed by atoms with van der Waals surface area (Å²) in [7, 11) is 0. The highest BCUT2D eigenvalue weighted by atomic mass is 16.5. The van der Waals surface area contributed by atoms with Gasteiger partial charge in [0, 0.05) is 0 Å². The van der Waals surface area contributed by atoms with Crippen molar-refractivity contribution in [3.8, 4) is 0 Å². The summed E-state index contributed by atoms with van der Waals surface area (Å²) in [5, 5.41) is 0. The van der Waals surface area contributed by atoms with Crippen LogP contribution < -0.4 is 0 Å². The lowest BCUT2D eigenvalue weighted by Crippen LogP contribution is -1.87. The SMILES string of the molecule is C=C=C(OCC)c1ccoc1. The quantitative estimate of drug-likeness (QED) is 0.487. The van der Waals surface area contributed by atoms with Gasteiger partial charge in [-0.25, -0.2) is 0 Å². The Bertz CT molecular complexity index is 253. The van der Waals surface area contributed by atoms with Crippen molar-refractivity contribution in [3.05, 3.63) is 36.5 Å². The molecule has 0 radical (unpaired) electrons. The molecule has 11 heavy (non-hydrogen) atoms. The van der Waals surface area contributed by atoms with Crippen LogP contribution in [0.1, 0.15) is 12.5 Å². The van der Waals surface area contributed by atoms with Crippen LogP contribution in [0, 0.1) is 0 Å². The Hall–Kier alpha value is -1.40. The van der Waals surface area contributed by atoms with Gasteiger partial charge in [-0.1, -0.05) is 12.3 Å². The molecule has 0 spiro atoms. The van der Waals surface area contributed by atoms with Gasteiger partial charge in [-0.2, -0.15) is 0 Å². The van der Waals surface area contributed by atoms with Crippen LogP contribution in [-0.2, 0) is 4.74 Å². The lowest BCUT2D eigenvalue weighted by atomic mass is 10.3. The summed E-state index contributed by atoms with van der Waals surface area (Å²) in [5.41, 5.74) is 3.57. The highest BCUT2D eigenvalue weighted by Crippen LogP contribution is 2.13. The summed E-state index contributed by atoms with van der Waals surface area (Å²) < 4.78 is 10.1. The fraction of sp³-hybridized carbons (Fsp3) is 0.222. The van der Waals surface area contributed by atoms with Gasteiger partial charge in [0.15, 0.2) is 5.76 Å². The van der Waals surface area contributed by atoms with E-state index >= 15 is 0 Å². The van der Waals surface area contributed by atoms with Gasteiger partial charge in [0.25, 0.3) is 0 Å². The predicted molar refractivity (Wildman–Crippen MR) is 42.9 cm³/mol. The first kappa shape index (κ1) is 7.70. The fourth-order valence-corrected chi connectivity index (χ4v) is 0.774. The molecule has 2 heteroatoms. The number of furan rings is 1. The molecule has 0 bridgehead atoms. The van der Waals surface area contributed by atoms with Gasteiger partial charge in [0.05, 0.1) is 18.4 Å². The summed E-state index contributed by atoms with van der Waals surface area (Å²) >= 11 is 0. The van der Waals surface area contributed by atoms with Crippen LogP contribution in [-0.4, -0.2) is 6.61 Å². The third-order valence-corrected chi connectivity index (χ3v) is 1.23. The summed E-state index contributed by atoms with van der Waals surface area (Å²) in [6.45, 7) is 6.04. The van der Waals surface area contributed by atoms with Crippen LogP contribution in [0.3, 0.4) is 0 Å². The molecule has 0 saturated carbocycles. The average molecular weight is 150 g/mol. The Labute approximate surface area is 65.8 Å². The zero-order chi connectivity index (χ0) is 8.10. The minimum Gasteiger partial charge on any atom is -0.486 e. The summed E-state index contributed by atoms with van der Waals surface area (Å²) in [6.07, 6.45) is 3.19. The van der Waals surface area contributed by atoms with Crippen molar-refractivity contribution in [2.75, 3.05) is 6.61 Å². The molecule has 0 atom stereocenters. The van der Waals surface area contributed by atoms with Gasteiger partial charge < -0.3 is 9.15 Å². The molecule has 1 heterocycles. The maximum Gasteiger partial charge on any atom is 0.172 e. The molecule has 0 amide bonds. The molecule has 2 nitrogen and oxygen atoms in total. The summed E-state index contributed by atoms with van der Waals surface area (Å²) in [6, 6.07) is 1.81. The molecule has 1 rings (SSSR count). The Morgan fingerprint density at radius 2 is 2.64 bits per heavy atom. The van der Waals surface area contributed by atoms with Crippen LogP contribution in [0.4, 0.5) is 0 Å². The van der Waals surface area contributed by atoms with E-state index in [0.717, 1.165) is 5.56 Å². The molecule has 1 aromatic rings. The Morgan fingerprint density at radius 1 is 1.82 bits per heavy atom. The van der Waals surface area contributed by atoms with Crippen LogP contribution in [0.5, 0.6) is 0 Å². The molecule has 0 aliphatic heterocycles. The van der Waals surface area contributed by atoms with Crippen molar-refractivity contribution < 1.29 is 9.15 Å². The third kappa shape index (κ3) is 1.76. The summed E-state index contributed by atoms with van der Waals surface area (Å²) in [4.78, 5) is 0. The second-order valence-corrected chi connectivity index (χ2v) is 1.95. The fourth-order valence-electron chi connectivity index (χ4n) is 0.774. The monoisotopic (exact) mass is 150 g/mol. The van der Waals surface area contributed by atoms with Crippen molar-refractivity contribution in [3.63, 3.8) is 0 Å². The molecule has 0 aromatic carbocycles. The molecule has 0 saturated heterocycles. The normalized spacial score (nSPS) is 8.82. The van der Waals surface area contributed by atoms with E-state index in [9.17, 15) is 0 Å². The highest BCUT2D eigenvalue weighted by molar-refractivity contribution is 5.57. The lowest BCUT2D eigenvalue weighted by Gasteiger charge is -2.01. The Balaban J connectivity index is 2.81. The predicted octanol–water partition coefficient (Wildman–Crippen LogP) is 2.44. The molecule has 1 aromatic heterocycles. The minimum absolute atomic E-state index is 0.614. The van der Waals surface area contributed by atoms with Gasteiger partial charge in [0.2, 0.25) is 0 Å². The first-order chi connectivity index (χ1) is 5.38. The average Bonchev–Trinajstić information content (AvgIpc) is 2.52. The van der Waals surface area contributed by atoms with Crippen LogP contribution >= 0.6 is 0 Å². The first-order valence-corrected chi connectivity index (χ1v) is 3.44. The molecular formula is C9H10O2.